The largest absolute Gasteiger partial charge is 0.377 e. The topological polar surface area (TPSA) is 72.6 Å². The number of piperidine rings is 1. The molecule has 2 N–H and O–H groups in total. The molecule has 2 fully saturated rings. The maximum atomic E-state index is 12.5. The number of nitrogens with zero attached hydrogens (tertiary/aromatic N) is 1. The molecular weight excluding hydrogens is 304 g/mol. The SMILES string of the molecule is Cc1ccc(CC(=O)N2CCC([C@H]3OCC[C@@H]3C(N)=O)CC2)cc1. The van der Waals surface area contributed by atoms with Gasteiger partial charge in [0, 0.05) is 19.7 Å². The van der Waals surface area contributed by atoms with Crippen molar-refractivity contribution in [3.63, 3.8) is 0 Å². The van der Waals surface area contributed by atoms with Crippen LogP contribution >= 0.6 is 0 Å². The van der Waals surface area contributed by atoms with E-state index in [1.807, 2.05) is 36.1 Å². The van der Waals surface area contributed by atoms with Gasteiger partial charge in [-0.05, 0) is 37.7 Å². The van der Waals surface area contributed by atoms with Gasteiger partial charge in [0.2, 0.25) is 11.8 Å². The van der Waals surface area contributed by atoms with Crippen LogP contribution in [-0.2, 0) is 20.7 Å². The van der Waals surface area contributed by atoms with Crippen molar-refractivity contribution in [3.05, 3.63) is 35.4 Å². The standard InChI is InChI=1S/C19H26N2O3/c1-13-2-4-14(5-3-13)12-17(22)21-9-6-15(7-10-21)18-16(19(20)23)8-11-24-18/h2-5,15-16,18H,6-12H2,1H3,(H2,20,23)/t16-,18+/m0/s1. The van der Waals surface area contributed by atoms with E-state index in [2.05, 4.69) is 0 Å². The lowest BCUT2D eigenvalue weighted by Crippen LogP contribution is -2.44. The van der Waals surface area contributed by atoms with Gasteiger partial charge in [-0.3, -0.25) is 9.59 Å². The number of carbonyl (C=O) groups excluding carboxylic acids is 2. The maximum Gasteiger partial charge on any atom is 0.226 e. The zero-order chi connectivity index (χ0) is 17.1. The first-order valence-corrected chi connectivity index (χ1v) is 8.79. The molecule has 1 aromatic carbocycles. The molecule has 2 heterocycles. The van der Waals surface area contributed by atoms with Crippen LogP contribution < -0.4 is 5.73 Å². The van der Waals surface area contributed by atoms with Crippen molar-refractivity contribution in [2.45, 2.75) is 38.7 Å². The van der Waals surface area contributed by atoms with Crippen molar-refractivity contribution in [1.29, 1.82) is 0 Å². The lowest BCUT2D eigenvalue weighted by molar-refractivity contribution is -0.133. The van der Waals surface area contributed by atoms with E-state index in [0.717, 1.165) is 37.9 Å². The predicted molar refractivity (Wildman–Crippen MR) is 91.2 cm³/mol. The smallest absolute Gasteiger partial charge is 0.226 e. The Morgan fingerprint density at radius 2 is 1.83 bits per heavy atom. The van der Waals surface area contributed by atoms with Crippen LogP contribution in [0.15, 0.2) is 24.3 Å². The molecular formula is C19H26N2O3. The molecule has 5 nitrogen and oxygen atoms in total. The number of benzene rings is 1. The minimum atomic E-state index is -0.254. The number of primary amides is 1. The highest BCUT2D eigenvalue weighted by molar-refractivity contribution is 5.79. The number of hydrogen-bond acceptors (Lipinski definition) is 3. The minimum Gasteiger partial charge on any atom is -0.377 e. The molecule has 0 spiro atoms. The Morgan fingerprint density at radius 3 is 2.46 bits per heavy atom. The lowest BCUT2D eigenvalue weighted by atomic mass is 9.84. The van der Waals surface area contributed by atoms with Gasteiger partial charge in [0.15, 0.2) is 0 Å². The molecule has 0 unspecified atom stereocenters. The fourth-order valence-corrected chi connectivity index (χ4v) is 3.85. The summed E-state index contributed by atoms with van der Waals surface area (Å²) in [6.45, 7) is 4.13. The summed E-state index contributed by atoms with van der Waals surface area (Å²) in [6.07, 6.45) is 2.89. The molecule has 1 aromatic rings. The van der Waals surface area contributed by atoms with Crippen LogP contribution in [0.3, 0.4) is 0 Å². The van der Waals surface area contributed by atoms with Crippen molar-refractivity contribution in [2.75, 3.05) is 19.7 Å². The summed E-state index contributed by atoms with van der Waals surface area (Å²) in [4.78, 5) is 25.9. The van der Waals surface area contributed by atoms with Crippen molar-refractivity contribution >= 4 is 11.8 Å². The van der Waals surface area contributed by atoms with Crippen LogP contribution in [0.1, 0.15) is 30.4 Å². The fraction of sp³-hybridized carbons (Fsp3) is 0.579. The Labute approximate surface area is 143 Å². The number of aryl methyl sites for hydroxylation is 1. The third kappa shape index (κ3) is 3.78. The summed E-state index contributed by atoms with van der Waals surface area (Å²) in [5.74, 6) is 0.0877. The molecule has 24 heavy (non-hydrogen) atoms. The summed E-state index contributed by atoms with van der Waals surface area (Å²) in [6, 6.07) is 8.11. The van der Waals surface area contributed by atoms with E-state index in [9.17, 15) is 9.59 Å². The number of ether oxygens (including phenoxy) is 1. The van der Waals surface area contributed by atoms with E-state index in [0.29, 0.717) is 18.9 Å². The molecule has 130 valence electrons. The van der Waals surface area contributed by atoms with Gasteiger partial charge < -0.3 is 15.4 Å². The highest BCUT2D eigenvalue weighted by Crippen LogP contribution is 2.33. The second kappa shape index (κ2) is 7.34. The van der Waals surface area contributed by atoms with E-state index < -0.39 is 0 Å². The van der Waals surface area contributed by atoms with Gasteiger partial charge in [-0.25, -0.2) is 0 Å². The fourth-order valence-electron chi connectivity index (χ4n) is 3.85. The molecule has 0 saturated carbocycles. The molecule has 0 radical (unpaired) electrons. The van der Waals surface area contributed by atoms with Crippen molar-refractivity contribution in [2.24, 2.45) is 17.6 Å². The van der Waals surface area contributed by atoms with Crippen LogP contribution in [-0.4, -0.2) is 42.5 Å². The van der Waals surface area contributed by atoms with E-state index in [1.54, 1.807) is 0 Å². The Morgan fingerprint density at radius 1 is 1.17 bits per heavy atom. The molecule has 2 aliphatic heterocycles. The van der Waals surface area contributed by atoms with Gasteiger partial charge in [-0.1, -0.05) is 29.8 Å². The Balaban J connectivity index is 1.52. The van der Waals surface area contributed by atoms with Gasteiger partial charge in [0.25, 0.3) is 0 Å². The van der Waals surface area contributed by atoms with Crippen LogP contribution in [0.2, 0.25) is 0 Å². The summed E-state index contributed by atoms with van der Waals surface area (Å²) < 4.78 is 5.76. The van der Waals surface area contributed by atoms with Crippen molar-refractivity contribution in [1.82, 2.24) is 4.90 Å². The van der Waals surface area contributed by atoms with E-state index in [-0.39, 0.29) is 23.8 Å². The molecule has 3 rings (SSSR count). The Bertz CT molecular complexity index is 591. The first kappa shape index (κ1) is 17.0. The van der Waals surface area contributed by atoms with Gasteiger partial charge in [0.05, 0.1) is 18.4 Å². The first-order valence-electron chi connectivity index (χ1n) is 8.79. The predicted octanol–water partition coefficient (Wildman–Crippen LogP) is 1.67. The van der Waals surface area contributed by atoms with Crippen LogP contribution in [0, 0.1) is 18.8 Å². The Kier molecular flexibility index (Phi) is 5.19. The number of nitrogens with two attached hydrogens (primary N) is 1. The second-order valence-corrected chi connectivity index (χ2v) is 7.01. The molecule has 0 bridgehead atoms. The summed E-state index contributed by atoms with van der Waals surface area (Å²) in [5.41, 5.74) is 7.74. The summed E-state index contributed by atoms with van der Waals surface area (Å²) in [7, 11) is 0. The zero-order valence-corrected chi connectivity index (χ0v) is 14.2. The number of likely N-dealkylation sites (tertiary alicyclic amines) is 1. The Hall–Kier alpha value is -1.88. The second-order valence-electron chi connectivity index (χ2n) is 7.01. The van der Waals surface area contributed by atoms with Gasteiger partial charge in [-0.2, -0.15) is 0 Å². The maximum absolute atomic E-state index is 12.5. The molecule has 5 heteroatoms. The van der Waals surface area contributed by atoms with Gasteiger partial charge in [0.1, 0.15) is 0 Å². The molecule has 0 aliphatic carbocycles. The van der Waals surface area contributed by atoms with Crippen molar-refractivity contribution < 1.29 is 14.3 Å². The van der Waals surface area contributed by atoms with Gasteiger partial charge in [-0.15, -0.1) is 0 Å². The summed E-state index contributed by atoms with van der Waals surface area (Å²) in [5, 5.41) is 0. The van der Waals surface area contributed by atoms with Crippen LogP contribution in [0.5, 0.6) is 0 Å². The summed E-state index contributed by atoms with van der Waals surface area (Å²) >= 11 is 0. The van der Waals surface area contributed by atoms with Gasteiger partial charge >= 0.3 is 0 Å². The lowest BCUT2D eigenvalue weighted by Gasteiger charge is -2.35. The normalized spacial score (nSPS) is 25.0. The van der Waals surface area contributed by atoms with E-state index >= 15 is 0 Å². The van der Waals surface area contributed by atoms with Crippen LogP contribution in [0.25, 0.3) is 0 Å². The highest BCUT2D eigenvalue weighted by Gasteiger charge is 2.39. The molecule has 2 atom stereocenters. The quantitative estimate of drug-likeness (QED) is 0.912. The molecule has 2 saturated heterocycles. The van der Waals surface area contributed by atoms with Crippen LogP contribution in [0.4, 0.5) is 0 Å². The first-order chi connectivity index (χ1) is 11.5. The van der Waals surface area contributed by atoms with E-state index in [4.69, 9.17) is 10.5 Å². The number of rotatable bonds is 4. The van der Waals surface area contributed by atoms with E-state index in [1.165, 1.54) is 5.56 Å². The molecule has 2 amide bonds. The average molecular weight is 330 g/mol. The van der Waals surface area contributed by atoms with Crippen molar-refractivity contribution in [3.8, 4) is 0 Å². The third-order valence-electron chi connectivity index (χ3n) is 5.33. The molecule has 0 aromatic heterocycles. The monoisotopic (exact) mass is 330 g/mol. The molecule has 2 aliphatic rings. The average Bonchev–Trinajstić information content (AvgIpc) is 3.07. The minimum absolute atomic E-state index is 0.0585. The number of amides is 2. The number of hydrogen-bond donors (Lipinski definition) is 1. The zero-order valence-electron chi connectivity index (χ0n) is 14.2. The number of carbonyl (C=O) groups is 2. The third-order valence-corrected chi connectivity index (χ3v) is 5.33. The highest BCUT2D eigenvalue weighted by atomic mass is 16.5.